The van der Waals surface area contributed by atoms with E-state index in [4.69, 9.17) is 9.47 Å². The van der Waals surface area contributed by atoms with Gasteiger partial charge in [-0.1, -0.05) is 25.1 Å². The summed E-state index contributed by atoms with van der Waals surface area (Å²) in [7, 11) is 1.43. The van der Waals surface area contributed by atoms with E-state index in [-0.39, 0.29) is 17.4 Å². The van der Waals surface area contributed by atoms with E-state index < -0.39 is 11.5 Å². The molecule has 2 heterocycles. The topological polar surface area (TPSA) is 80.4 Å². The van der Waals surface area contributed by atoms with E-state index in [9.17, 15) is 9.59 Å². The van der Waals surface area contributed by atoms with Crippen molar-refractivity contribution in [3.05, 3.63) is 57.5 Å². The highest BCUT2D eigenvalue weighted by molar-refractivity contribution is 5.96. The van der Waals surface area contributed by atoms with Gasteiger partial charge in [0.1, 0.15) is 17.1 Å². The number of aryl methyl sites for hydroxylation is 1. The van der Waals surface area contributed by atoms with Gasteiger partial charge in [-0.25, -0.2) is 0 Å². The van der Waals surface area contributed by atoms with E-state index in [1.165, 1.54) is 13.3 Å². The molecule has 0 saturated heterocycles. The maximum Gasteiger partial charge on any atom is 0.264 e. The zero-order chi connectivity index (χ0) is 17.1. The molecule has 0 spiro atoms. The van der Waals surface area contributed by atoms with Crippen molar-refractivity contribution in [3.63, 3.8) is 0 Å². The first-order valence-electron chi connectivity index (χ1n) is 7.96. The smallest absolute Gasteiger partial charge is 0.264 e. The Bertz CT molecular complexity index is 813. The van der Waals surface area contributed by atoms with Gasteiger partial charge in [0.05, 0.1) is 19.8 Å². The first-order valence-corrected chi connectivity index (χ1v) is 7.96. The largest absolute Gasteiger partial charge is 0.496 e. The number of benzene rings is 1. The van der Waals surface area contributed by atoms with Gasteiger partial charge in [0, 0.05) is 18.2 Å². The molecule has 1 atom stereocenters. The normalized spacial score (nSPS) is 16.0. The van der Waals surface area contributed by atoms with Crippen molar-refractivity contribution in [1.82, 2.24) is 10.3 Å². The second-order valence-corrected chi connectivity index (χ2v) is 5.60. The third kappa shape index (κ3) is 2.87. The lowest BCUT2D eigenvalue weighted by molar-refractivity contribution is 0.0920. The fourth-order valence-corrected chi connectivity index (χ4v) is 2.99. The minimum Gasteiger partial charge on any atom is -0.496 e. The monoisotopic (exact) mass is 328 g/mol. The van der Waals surface area contributed by atoms with Gasteiger partial charge in [-0.3, -0.25) is 9.59 Å². The van der Waals surface area contributed by atoms with Gasteiger partial charge in [-0.05, 0) is 18.1 Å². The average molecular weight is 328 g/mol. The predicted octanol–water partition coefficient (Wildman–Crippen LogP) is 2.20. The van der Waals surface area contributed by atoms with Crippen molar-refractivity contribution in [3.8, 4) is 11.5 Å². The van der Waals surface area contributed by atoms with Gasteiger partial charge in [-0.15, -0.1) is 0 Å². The molecule has 24 heavy (non-hydrogen) atoms. The number of amides is 1. The van der Waals surface area contributed by atoms with Crippen LogP contribution in [0.25, 0.3) is 0 Å². The maximum atomic E-state index is 12.6. The van der Waals surface area contributed by atoms with Gasteiger partial charge >= 0.3 is 0 Å². The number of H-pyrrole nitrogens is 1. The Hall–Kier alpha value is -2.76. The van der Waals surface area contributed by atoms with E-state index in [0.717, 1.165) is 23.3 Å². The summed E-state index contributed by atoms with van der Waals surface area (Å²) in [5, 5.41) is 2.94. The maximum absolute atomic E-state index is 12.6. The number of carbonyl (C=O) groups is 1. The molecule has 2 N–H and O–H groups in total. The molecule has 1 aromatic heterocycles. The molecule has 3 rings (SSSR count). The molecule has 126 valence electrons. The number of nitrogens with one attached hydrogen (secondary N) is 2. The number of aromatic amines is 1. The summed E-state index contributed by atoms with van der Waals surface area (Å²) in [6, 6.07) is 7.29. The lowest BCUT2D eigenvalue weighted by atomic mass is 9.96. The first kappa shape index (κ1) is 16.1. The number of pyridine rings is 1. The molecule has 0 radical (unpaired) electrons. The van der Waals surface area contributed by atoms with Crippen molar-refractivity contribution in [2.24, 2.45) is 0 Å². The van der Waals surface area contributed by atoms with Gasteiger partial charge in [0.2, 0.25) is 0 Å². The zero-order valence-corrected chi connectivity index (χ0v) is 13.7. The van der Waals surface area contributed by atoms with Gasteiger partial charge in [0.25, 0.3) is 11.5 Å². The Morgan fingerprint density at radius 1 is 1.42 bits per heavy atom. The Labute approximate surface area is 139 Å². The summed E-state index contributed by atoms with van der Waals surface area (Å²) in [6.07, 6.45) is 2.96. The highest BCUT2D eigenvalue weighted by atomic mass is 16.5. The standard InChI is InChI=1S/C18H20N2O4/c1-3-11-5-4-6-12-13(8-10-24-16(11)12)20-18(22)15-14(23-2)7-9-19-17(15)21/h4-7,9,13H,3,8,10H2,1-2H3,(H,19,21)(H,20,22). The predicted molar refractivity (Wildman–Crippen MR) is 89.8 cm³/mol. The van der Waals surface area contributed by atoms with Crippen LogP contribution < -0.4 is 20.3 Å². The Kier molecular flexibility index (Phi) is 4.55. The molecule has 0 fully saturated rings. The fraction of sp³-hybridized carbons (Fsp3) is 0.333. The van der Waals surface area contributed by atoms with E-state index in [1.807, 2.05) is 18.2 Å². The van der Waals surface area contributed by atoms with Gasteiger partial charge in [0.15, 0.2) is 0 Å². The van der Waals surface area contributed by atoms with E-state index in [1.54, 1.807) is 6.07 Å². The molecule has 1 amide bonds. The molecule has 0 aliphatic carbocycles. The summed E-state index contributed by atoms with van der Waals surface area (Å²) in [6.45, 7) is 2.59. The molecule has 0 saturated carbocycles. The molecule has 2 aromatic rings. The summed E-state index contributed by atoms with van der Waals surface area (Å²) in [5.74, 6) is 0.643. The van der Waals surface area contributed by atoms with Crippen LogP contribution in [0, 0.1) is 0 Å². The van der Waals surface area contributed by atoms with Crippen LogP contribution in [0.3, 0.4) is 0 Å². The summed E-state index contributed by atoms with van der Waals surface area (Å²) < 4.78 is 10.9. The third-order valence-electron chi connectivity index (χ3n) is 4.21. The minimum absolute atomic E-state index is 0.0142. The number of rotatable bonds is 4. The number of ether oxygens (including phenoxy) is 2. The molecule has 0 bridgehead atoms. The Morgan fingerprint density at radius 3 is 3.00 bits per heavy atom. The summed E-state index contributed by atoms with van der Waals surface area (Å²) in [4.78, 5) is 27.1. The highest BCUT2D eigenvalue weighted by Crippen LogP contribution is 2.35. The number of hydrogen-bond acceptors (Lipinski definition) is 4. The summed E-state index contributed by atoms with van der Waals surface area (Å²) in [5.41, 5.74) is 1.57. The SMILES string of the molecule is CCc1cccc2c1OCCC2NC(=O)c1c(OC)cc[nH]c1=O. The first-order chi connectivity index (χ1) is 11.7. The molecular formula is C18H20N2O4. The van der Waals surface area contributed by atoms with Crippen molar-refractivity contribution >= 4 is 5.91 Å². The second-order valence-electron chi connectivity index (χ2n) is 5.60. The second kappa shape index (κ2) is 6.78. The van der Waals surface area contributed by atoms with Crippen LogP contribution in [0.15, 0.2) is 35.3 Å². The molecule has 1 aliphatic rings. The van der Waals surface area contributed by atoms with E-state index in [0.29, 0.717) is 13.0 Å². The highest BCUT2D eigenvalue weighted by Gasteiger charge is 2.27. The number of fused-ring (bicyclic) bond motifs is 1. The molecule has 6 heteroatoms. The molecule has 1 aliphatic heterocycles. The minimum atomic E-state index is -0.471. The van der Waals surface area contributed by atoms with E-state index >= 15 is 0 Å². The van der Waals surface area contributed by atoms with Gasteiger partial charge < -0.3 is 19.8 Å². The average Bonchev–Trinajstić information content (AvgIpc) is 2.61. The van der Waals surface area contributed by atoms with Crippen LogP contribution in [0.5, 0.6) is 11.5 Å². The molecular weight excluding hydrogens is 308 g/mol. The fourth-order valence-electron chi connectivity index (χ4n) is 2.99. The quantitative estimate of drug-likeness (QED) is 0.902. The van der Waals surface area contributed by atoms with Crippen LogP contribution in [-0.2, 0) is 6.42 Å². The number of methoxy groups -OCH3 is 1. The van der Waals surface area contributed by atoms with Crippen LogP contribution in [0.4, 0.5) is 0 Å². The van der Waals surface area contributed by atoms with E-state index in [2.05, 4.69) is 17.2 Å². The number of aromatic nitrogens is 1. The number of hydrogen-bond donors (Lipinski definition) is 2. The lowest BCUT2D eigenvalue weighted by Gasteiger charge is -2.28. The number of carbonyl (C=O) groups excluding carboxylic acids is 1. The van der Waals surface area contributed by atoms with Crippen molar-refractivity contribution < 1.29 is 14.3 Å². The van der Waals surface area contributed by atoms with Crippen molar-refractivity contribution in [2.75, 3.05) is 13.7 Å². The lowest BCUT2D eigenvalue weighted by Crippen LogP contribution is -2.35. The molecule has 6 nitrogen and oxygen atoms in total. The zero-order valence-electron chi connectivity index (χ0n) is 13.7. The van der Waals surface area contributed by atoms with Crippen LogP contribution in [-0.4, -0.2) is 24.6 Å². The Balaban J connectivity index is 1.92. The Morgan fingerprint density at radius 2 is 2.25 bits per heavy atom. The summed E-state index contributed by atoms with van der Waals surface area (Å²) >= 11 is 0. The van der Waals surface area contributed by atoms with Crippen LogP contribution in [0.1, 0.15) is 40.9 Å². The molecule has 1 unspecified atom stereocenters. The molecule has 1 aromatic carbocycles. The van der Waals surface area contributed by atoms with Crippen LogP contribution >= 0.6 is 0 Å². The third-order valence-corrected chi connectivity index (χ3v) is 4.21. The number of para-hydroxylation sites is 1. The van der Waals surface area contributed by atoms with Crippen LogP contribution in [0.2, 0.25) is 0 Å². The van der Waals surface area contributed by atoms with Crippen molar-refractivity contribution in [1.29, 1.82) is 0 Å². The van der Waals surface area contributed by atoms with Gasteiger partial charge in [-0.2, -0.15) is 0 Å². The van der Waals surface area contributed by atoms with Crippen molar-refractivity contribution in [2.45, 2.75) is 25.8 Å².